The first-order valence-electron chi connectivity index (χ1n) is 14.6. The van der Waals surface area contributed by atoms with Gasteiger partial charge in [-0.1, -0.05) is 37.3 Å². The number of ether oxygens (including phenoxy) is 1. The van der Waals surface area contributed by atoms with Crippen LogP contribution in [0.1, 0.15) is 35.5 Å². The van der Waals surface area contributed by atoms with E-state index in [1.54, 1.807) is 36.4 Å². The molecule has 0 aliphatic rings. The van der Waals surface area contributed by atoms with Crippen LogP contribution in [0.3, 0.4) is 0 Å². The van der Waals surface area contributed by atoms with Gasteiger partial charge in [-0.3, -0.25) is 14.4 Å². The lowest BCUT2D eigenvalue weighted by atomic mass is 10.2. The van der Waals surface area contributed by atoms with Crippen LogP contribution in [0.15, 0.2) is 112 Å². The molecular formula is C35H32N4O4S3. The molecule has 0 radical (unpaired) electrons. The normalized spacial score (nSPS) is 11.8. The van der Waals surface area contributed by atoms with Gasteiger partial charge in [-0.25, -0.2) is 4.98 Å². The Morgan fingerprint density at radius 2 is 1.72 bits per heavy atom. The van der Waals surface area contributed by atoms with Gasteiger partial charge in [0.2, 0.25) is 5.91 Å². The monoisotopic (exact) mass is 668 g/mol. The van der Waals surface area contributed by atoms with Crippen molar-refractivity contribution < 1.29 is 19.1 Å². The van der Waals surface area contributed by atoms with E-state index in [4.69, 9.17) is 4.74 Å². The maximum atomic E-state index is 13.4. The molecule has 0 saturated carbocycles. The Balaban J connectivity index is 1.23. The number of thiophene rings is 1. The van der Waals surface area contributed by atoms with Gasteiger partial charge >= 0.3 is 0 Å². The fraction of sp³-hybridized carbons (Fsp3) is 0.143. The van der Waals surface area contributed by atoms with Crippen molar-refractivity contribution in [3.8, 4) is 17.0 Å². The zero-order valence-electron chi connectivity index (χ0n) is 25.2. The maximum Gasteiger partial charge on any atom is 0.272 e. The summed E-state index contributed by atoms with van der Waals surface area (Å²) in [5.74, 6) is -0.200. The molecule has 3 amide bonds. The summed E-state index contributed by atoms with van der Waals surface area (Å²) in [5.41, 5.74) is 2.82. The van der Waals surface area contributed by atoms with Crippen molar-refractivity contribution in [3.63, 3.8) is 0 Å². The Hall–Kier alpha value is -4.71. The first-order valence-corrected chi connectivity index (χ1v) is 17.2. The summed E-state index contributed by atoms with van der Waals surface area (Å²) < 4.78 is 5.51. The second kappa shape index (κ2) is 16.0. The lowest BCUT2D eigenvalue weighted by Gasteiger charge is -2.15. The highest BCUT2D eigenvalue weighted by Gasteiger charge is 2.21. The summed E-state index contributed by atoms with van der Waals surface area (Å²) in [4.78, 5) is 45.7. The quantitative estimate of drug-likeness (QED) is 0.0863. The molecule has 3 N–H and O–H groups in total. The van der Waals surface area contributed by atoms with E-state index in [-0.39, 0.29) is 22.8 Å². The SMILES string of the molecule is CCOc1ccc(-c2csc(NC(=O)C(CC)Sc3cccc(NC(=O)/C(=C/c4cccs4)NC(=O)c4ccccc4)c3)n2)cc1. The predicted molar refractivity (Wildman–Crippen MR) is 189 cm³/mol. The highest BCUT2D eigenvalue weighted by molar-refractivity contribution is 8.00. The highest BCUT2D eigenvalue weighted by Crippen LogP contribution is 2.31. The third-order valence-electron chi connectivity index (χ3n) is 6.59. The molecule has 0 fully saturated rings. The van der Waals surface area contributed by atoms with Crippen LogP contribution in [0, 0.1) is 0 Å². The van der Waals surface area contributed by atoms with Crippen LogP contribution in [0.4, 0.5) is 10.8 Å². The molecule has 3 aromatic carbocycles. The molecule has 46 heavy (non-hydrogen) atoms. The number of nitrogens with zero attached hydrogens (tertiary/aromatic N) is 1. The minimum Gasteiger partial charge on any atom is -0.494 e. The summed E-state index contributed by atoms with van der Waals surface area (Å²) in [6.07, 6.45) is 2.24. The Kier molecular flexibility index (Phi) is 11.4. The highest BCUT2D eigenvalue weighted by atomic mass is 32.2. The molecule has 5 aromatic rings. The molecule has 0 aliphatic heterocycles. The number of carbonyl (C=O) groups is 3. The number of amides is 3. The van der Waals surface area contributed by atoms with E-state index in [0.717, 1.165) is 26.8 Å². The van der Waals surface area contributed by atoms with Crippen molar-refractivity contribution in [1.29, 1.82) is 0 Å². The maximum absolute atomic E-state index is 13.4. The van der Waals surface area contributed by atoms with E-state index < -0.39 is 5.91 Å². The minimum atomic E-state index is -0.461. The smallest absolute Gasteiger partial charge is 0.272 e. The van der Waals surface area contributed by atoms with Crippen molar-refractivity contribution in [2.45, 2.75) is 30.4 Å². The first kappa shape index (κ1) is 32.7. The van der Waals surface area contributed by atoms with Gasteiger partial charge in [0.15, 0.2) is 5.13 Å². The van der Waals surface area contributed by atoms with Crippen LogP contribution in [0.2, 0.25) is 0 Å². The first-order chi connectivity index (χ1) is 22.4. The van der Waals surface area contributed by atoms with Crippen LogP contribution < -0.4 is 20.7 Å². The molecule has 1 atom stereocenters. The van der Waals surface area contributed by atoms with E-state index in [1.165, 1.54) is 34.4 Å². The fourth-order valence-corrected chi connectivity index (χ4v) is 6.72. The third kappa shape index (κ3) is 8.94. The van der Waals surface area contributed by atoms with Crippen molar-refractivity contribution >= 4 is 69.1 Å². The van der Waals surface area contributed by atoms with E-state index in [1.807, 2.05) is 85.3 Å². The number of carbonyl (C=O) groups excluding carboxylic acids is 3. The van der Waals surface area contributed by atoms with E-state index >= 15 is 0 Å². The van der Waals surface area contributed by atoms with Crippen molar-refractivity contribution in [1.82, 2.24) is 10.3 Å². The van der Waals surface area contributed by atoms with Gasteiger partial charge in [0.1, 0.15) is 11.4 Å². The van der Waals surface area contributed by atoms with Gasteiger partial charge in [-0.2, -0.15) is 0 Å². The average molecular weight is 669 g/mol. The van der Waals surface area contributed by atoms with Gasteiger partial charge < -0.3 is 20.7 Å². The number of hydrogen-bond donors (Lipinski definition) is 3. The van der Waals surface area contributed by atoms with Crippen LogP contribution in [0.25, 0.3) is 17.3 Å². The van der Waals surface area contributed by atoms with E-state index in [0.29, 0.717) is 29.4 Å². The zero-order chi connectivity index (χ0) is 32.3. The topological polar surface area (TPSA) is 109 Å². The van der Waals surface area contributed by atoms with E-state index in [2.05, 4.69) is 20.9 Å². The molecule has 0 aliphatic carbocycles. The van der Waals surface area contributed by atoms with Gasteiger partial charge in [-0.15, -0.1) is 34.4 Å². The Morgan fingerprint density at radius 1 is 0.913 bits per heavy atom. The molecule has 11 heteroatoms. The van der Waals surface area contributed by atoms with Crippen LogP contribution in [-0.2, 0) is 9.59 Å². The standard InChI is InChI=1S/C35H32N4O4S3/c1-3-31(34(42)39-35-38-30(22-45-35)23-15-17-26(18-16-23)43-4-2)46-28-13-8-12-25(20-28)36-33(41)29(21-27-14-9-19-44-27)37-32(40)24-10-6-5-7-11-24/h5-22,31H,3-4H2,1-2H3,(H,36,41)(H,37,40)(H,38,39,42)/b29-21-. The summed E-state index contributed by atoms with van der Waals surface area (Å²) in [6.45, 7) is 4.50. The van der Waals surface area contributed by atoms with Gasteiger partial charge in [0.25, 0.3) is 11.8 Å². The molecule has 0 saturated heterocycles. The largest absolute Gasteiger partial charge is 0.494 e. The zero-order valence-corrected chi connectivity index (χ0v) is 27.6. The van der Waals surface area contributed by atoms with Crippen molar-refractivity contribution in [2.24, 2.45) is 0 Å². The van der Waals surface area contributed by atoms with Gasteiger partial charge in [0.05, 0.1) is 17.6 Å². The predicted octanol–water partition coefficient (Wildman–Crippen LogP) is 8.19. The summed E-state index contributed by atoms with van der Waals surface area (Å²) in [6, 6.07) is 27.5. The summed E-state index contributed by atoms with van der Waals surface area (Å²) in [5, 5.41) is 12.6. The lowest BCUT2D eigenvalue weighted by Crippen LogP contribution is -2.30. The molecule has 8 nitrogen and oxygen atoms in total. The van der Waals surface area contributed by atoms with Crippen molar-refractivity contribution in [2.75, 3.05) is 17.2 Å². The molecule has 2 heterocycles. The number of thiazole rings is 1. The van der Waals surface area contributed by atoms with E-state index in [9.17, 15) is 14.4 Å². The number of thioether (sulfide) groups is 1. The van der Waals surface area contributed by atoms with Gasteiger partial charge in [0, 0.05) is 32.0 Å². The lowest BCUT2D eigenvalue weighted by molar-refractivity contribution is -0.116. The van der Waals surface area contributed by atoms with Crippen LogP contribution in [0.5, 0.6) is 5.75 Å². The third-order valence-corrected chi connectivity index (χ3v) is 9.52. The molecule has 234 valence electrons. The molecule has 2 aromatic heterocycles. The second-order valence-corrected chi connectivity index (χ2v) is 13.0. The number of nitrogens with one attached hydrogen (secondary N) is 3. The molecule has 5 rings (SSSR count). The van der Waals surface area contributed by atoms with Crippen LogP contribution in [-0.4, -0.2) is 34.6 Å². The number of rotatable bonds is 13. The Morgan fingerprint density at radius 3 is 2.43 bits per heavy atom. The molecule has 0 spiro atoms. The van der Waals surface area contributed by atoms with Crippen molar-refractivity contribution in [3.05, 3.63) is 118 Å². The molecule has 0 bridgehead atoms. The number of anilines is 2. The number of hydrogen-bond acceptors (Lipinski definition) is 8. The minimum absolute atomic E-state index is 0.119. The Labute approximate surface area is 279 Å². The summed E-state index contributed by atoms with van der Waals surface area (Å²) >= 11 is 4.23. The van der Waals surface area contributed by atoms with Crippen LogP contribution >= 0.6 is 34.4 Å². The van der Waals surface area contributed by atoms with Gasteiger partial charge in [-0.05, 0) is 85.5 Å². The fourth-order valence-electron chi connectivity index (χ4n) is 4.33. The second-order valence-electron chi connectivity index (χ2n) is 9.87. The molecule has 1 unspecified atom stereocenters. The average Bonchev–Trinajstić information content (AvgIpc) is 3.77. The molecular weight excluding hydrogens is 637 g/mol. The number of aromatic nitrogens is 1. The number of benzene rings is 3. The summed E-state index contributed by atoms with van der Waals surface area (Å²) in [7, 11) is 0. The Bertz CT molecular complexity index is 1800.